The second kappa shape index (κ2) is 4.84. The lowest BCUT2D eigenvalue weighted by molar-refractivity contribution is 0.426. The van der Waals surface area contributed by atoms with Crippen LogP contribution in [-0.4, -0.2) is 9.55 Å². The van der Waals surface area contributed by atoms with Crippen molar-refractivity contribution in [2.24, 2.45) is 0 Å². The first-order valence-electron chi connectivity index (χ1n) is 7.33. The molecule has 2 nitrogen and oxygen atoms in total. The topological polar surface area (TPSA) is 17.8 Å². The molecule has 0 amide bonds. The summed E-state index contributed by atoms with van der Waals surface area (Å²) in [5, 5.41) is 0. The van der Waals surface area contributed by atoms with Crippen molar-refractivity contribution >= 4 is 0 Å². The Morgan fingerprint density at radius 2 is 1.95 bits per heavy atom. The Bertz CT molecular complexity index is 563. The van der Waals surface area contributed by atoms with E-state index in [9.17, 15) is 0 Å². The molecule has 0 bridgehead atoms. The molecule has 2 aromatic rings. The Hall–Kier alpha value is -1.57. The summed E-state index contributed by atoms with van der Waals surface area (Å²) < 4.78 is 2.36. The van der Waals surface area contributed by atoms with Gasteiger partial charge in [-0.1, -0.05) is 38.1 Å². The predicted molar refractivity (Wildman–Crippen MR) is 79.4 cm³/mol. The van der Waals surface area contributed by atoms with Crippen molar-refractivity contribution in [1.29, 1.82) is 0 Å². The molecule has 2 heteroatoms. The van der Waals surface area contributed by atoms with Gasteiger partial charge in [0.05, 0.1) is 5.69 Å². The van der Waals surface area contributed by atoms with Crippen LogP contribution in [0.1, 0.15) is 57.0 Å². The minimum Gasteiger partial charge on any atom is -0.331 e. The largest absolute Gasteiger partial charge is 0.331 e. The number of aryl methyl sites for hydroxylation is 1. The molecule has 0 radical (unpaired) electrons. The summed E-state index contributed by atoms with van der Waals surface area (Å²) in [5.41, 5.74) is 3.75. The minimum absolute atomic E-state index is 0.587. The van der Waals surface area contributed by atoms with Crippen LogP contribution < -0.4 is 0 Å². The van der Waals surface area contributed by atoms with Gasteiger partial charge in [-0.15, -0.1) is 0 Å². The van der Waals surface area contributed by atoms with Crippen LogP contribution in [0.2, 0.25) is 0 Å². The number of benzene rings is 1. The van der Waals surface area contributed by atoms with E-state index in [1.807, 2.05) is 0 Å². The normalized spacial score (nSPS) is 18.6. The summed E-state index contributed by atoms with van der Waals surface area (Å²) >= 11 is 0. The first-order valence-corrected chi connectivity index (χ1v) is 7.33. The highest BCUT2D eigenvalue weighted by Crippen LogP contribution is 2.28. The summed E-state index contributed by atoms with van der Waals surface area (Å²) in [6.07, 6.45) is 5.89. The van der Waals surface area contributed by atoms with Crippen molar-refractivity contribution in [1.82, 2.24) is 9.55 Å². The monoisotopic (exact) mass is 254 g/mol. The highest BCUT2D eigenvalue weighted by molar-refractivity contribution is 5.59. The zero-order valence-corrected chi connectivity index (χ0v) is 12.1. The smallest absolute Gasteiger partial charge is 0.109 e. The Morgan fingerprint density at radius 3 is 2.58 bits per heavy atom. The number of fused-ring (bicyclic) bond motifs is 1. The van der Waals surface area contributed by atoms with Gasteiger partial charge in [0.15, 0.2) is 0 Å². The second-order valence-corrected chi connectivity index (χ2v) is 5.97. The average molecular weight is 254 g/mol. The summed E-state index contributed by atoms with van der Waals surface area (Å²) in [7, 11) is 0. The van der Waals surface area contributed by atoms with Crippen LogP contribution in [0.15, 0.2) is 30.5 Å². The number of hydrogen-bond acceptors (Lipinski definition) is 1. The maximum atomic E-state index is 4.81. The summed E-state index contributed by atoms with van der Waals surface area (Å²) in [6, 6.07) is 9.45. The zero-order valence-electron chi connectivity index (χ0n) is 12.1. The van der Waals surface area contributed by atoms with E-state index < -0.39 is 0 Å². The van der Waals surface area contributed by atoms with E-state index in [0.29, 0.717) is 12.0 Å². The molecule has 0 saturated carbocycles. The molecule has 2 heterocycles. The van der Waals surface area contributed by atoms with Gasteiger partial charge in [0.1, 0.15) is 5.82 Å². The van der Waals surface area contributed by atoms with Crippen molar-refractivity contribution in [3.63, 3.8) is 0 Å². The van der Waals surface area contributed by atoms with Crippen molar-refractivity contribution in [3.8, 4) is 11.3 Å². The van der Waals surface area contributed by atoms with Gasteiger partial charge in [-0.3, -0.25) is 0 Å². The summed E-state index contributed by atoms with van der Waals surface area (Å²) in [5.74, 6) is 1.84. The predicted octanol–water partition coefficient (Wildman–Crippen LogP) is 4.57. The minimum atomic E-state index is 0.587. The van der Waals surface area contributed by atoms with Gasteiger partial charge in [0, 0.05) is 24.2 Å². The van der Waals surface area contributed by atoms with E-state index in [-0.39, 0.29) is 0 Å². The van der Waals surface area contributed by atoms with E-state index in [2.05, 4.69) is 55.8 Å². The van der Waals surface area contributed by atoms with Crippen LogP contribution in [0, 0.1) is 0 Å². The van der Waals surface area contributed by atoms with Gasteiger partial charge in [0.2, 0.25) is 0 Å². The molecule has 1 aromatic heterocycles. The average Bonchev–Trinajstić information content (AvgIpc) is 2.84. The lowest BCUT2D eigenvalue weighted by Gasteiger charge is -2.20. The third-order valence-electron chi connectivity index (χ3n) is 4.18. The molecule has 1 aliphatic heterocycles. The fourth-order valence-corrected chi connectivity index (χ4v) is 2.87. The lowest BCUT2D eigenvalue weighted by atomic mass is 10.0. The molecule has 1 aromatic carbocycles. The maximum absolute atomic E-state index is 4.81. The van der Waals surface area contributed by atoms with Gasteiger partial charge in [-0.2, -0.15) is 0 Å². The van der Waals surface area contributed by atoms with Gasteiger partial charge < -0.3 is 4.57 Å². The molecule has 1 atom stereocenters. The molecular formula is C17H22N2. The van der Waals surface area contributed by atoms with E-state index in [0.717, 1.165) is 12.1 Å². The Kier molecular flexibility index (Phi) is 3.17. The maximum Gasteiger partial charge on any atom is 0.109 e. The Labute approximate surface area is 115 Å². The van der Waals surface area contributed by atoms with Crippen LogP contribution in [-0.2, 0) is 6.42 Å². The van der Waals surface area contributed by atoms with E-state index in [1.165, 1.54) is 29.8 Å². The SMILES string of the molecule is CC(C)c1ccc(-c2cn3c(n2)CCCC3C)cc1. The second-order valence-electron chi connectivity index (χ2n) is 5.97. The fraction of sp³-hybridized carbons (Fsp3) is 0.471. The van der Waals surface area contributed by atoms with Crippen molar-refractivity contribution in [3.05, 3.63) is 41.9 Å². The quantitative estimate of drug-likeness (QED) is 0.767. The Morgan fingerprint density at radius 1 is 1.21 bits per heavy atom. The van der Waals surface area contributed by atoms with Gasteiger partial charge >= 0.3 is 0 Å². The lowest BCUT2D eigenvalue weighted by Crippen LogP contribution is -2.14. The van der Waals surface area contributed by atoms with Crippen molar-refractivity contribution in [2.45, 2.75) is 52.0 Å². The first-order chi connectivity index (χ1) is 9.15. The first kappa shape index (κ1) is 12.5. The van der Waals surface area contributed by atoms with Gasteiger partial charge in [0.25, 0.3) is 0 Å². The van der Waals surface area contributed by atoms with Crippen molar-refractivity contribution in [2.75, 3.05) is 0 Å². The standard InChI is InChI=1S/C17H22N2/c1-12(2)14-7-9-15(10-8-14)16-11-19-13(3)5-4-6-17(19)18-16/h7-13H,4-6H2,1-3H3. The molecule has 1 aliphatic rings. The molecule has 0 aliphatic carbocycles. The third-order valence-corrected chi connectivity index (χ3v) is 4.18. The molecule has 19 heavy (non-hydrogen) atoms. The van der Waals surface area contributed by atoms with Crippen molar-refractivity contribution < 1.29 is 0 Å². The number of imidazole rings is 1. The molecule has 0 fully saturated rings. The zero-order chi connectivity index (χ0) is 13.4. The fourth-order valence-electron chi connectivity index (χ4n) is 2.87. The van der Waals surface area contributed by atoms with Crippen LogP contribution in [0.3, 0.4) is 0 Å². The molecule has 3 rings (SSSR count). The van der Waals surface area contributed by atoms with E-state index in [1.54, 1.807) is 0 Å². The highest BCUT2D eigenvalue weighted by atomic mass is 15.1. The Balaban J connectivity index is 1.94. The number of nitrogens with zero attached hydrogens (tertiary/aromatic N) is 2. The highest BCUT2D eigenvalue weighted by Gasteiger charge is 2.18. The van der Waals surface area contributed by atoms with Crippen LogP contribution in [0.4, 0.5) is 0 Å². The number of aromatic nitrogens is 2. The number of hydrogen-bond donors (Lipinski definition) is 0. The van der Waals surface area contributed by atoms with Gasteiger partial charge in [-0.25, -0.2) is 4.98 Å². The molecule has 100 valence electrons. The van der Waals surface area contributed by atoms with Crippen LogP contribution >= 0.6 is 0 Å². The summed E-state index contributed by atoms with van der Waals surface area (Å²) in [6.45, 7) is 6.74. The van der Waals surface area contributed by atoms with Crippen LogP contribution in [0.25, 0.3) is 11.3 Å². The number of rotatable bonds is 2. The summed E-state index contributed by atoms with van der Waals surface area (Å²) in [4.78, 5) is 4.81. The van der Waals surface area contributed by atoms with E-state index >= 15 is 0 Å². The molecule has 0 saturated heterocycles. The molecule has 0 spiro atoms. The third kappa shape index (κ3) is 2.32. The molecule has 1 unspecified atom stereocenters. The van der Waals surface area contributed by atoms with Gasteiger partial charge in [-0.05, 0) is 31.2 Å². The van der Waals surface area contributed by atoms with Crippen LogP contribution in [0.5, 0.6) is 0 Å². The molecule has 0 N–H and O–H groups in total. The molecular weight excluding hydrogens is 232 g/mol. The van der Waals surface area contributed by atoms with E-state index in [4.69, 9.17) is 4.98 Å².